The number of nitrogens with two attached hydrogens (primary N) is 1. The summed E-state index contributed by atoms with van der Waals surface area (Å²) in [5, 5.41) is 17.7. The predicted molar refractivity (Wildman–Crippen MR) is 132 cm³/mol. The average molecular weight is 546 g/mol. The van der Waals surface area contributed by atoms with E-state index in [9.17, 15) is 27.5 Å². The van der Waals surface area contributed by atoms with Gasteiger partial charge in [-0.1, -0.05) is 23.7 Å². The topological polar surface area (TPSA) is 136 Å². The number of aliphatic imine (C=N–C) groups is 1. The van der Waals surface area contributed by atoms with Crippen molar-refractivity contribution in [1.82, 2.24) is 21.5 Å². The summed E-state index contributed by atoms with van der Waals surface area (Å²) in [4.78, 5) is 17.4. The molecule has 1 amide bonds. The molecule has 1 heterocycles. The first-order valence-electron chi connectivity index (χ1n) is 11.3. The van der Waals surface area contributed by atoms with Gasteiger partial charge in [0.2, 0.25) is 11.9 Å². The smallest absolute Gasteiger partial charge is 0.404 e. The number of aromatic hydroxyl groups is 1. The SMILES string of the molecule is CNCC(C(=O)NC(=NC1CC(c2ccc(O)c(F)c2)NN1)Nc1cc(Cl)ccc1C)C(N)C(F)(F)F. The van der Waals surface area contributed by atoms with Crippen LogP contribution in [-0.2, 0) is 4.79 Å². The number of nitrogens with zero attached hydrogens (tertiary/aromatic N) is 1. The first-order chi connectivity index (χ1) is 17.4. The lowest BCUT2D eigenvalue weighted by atomic mass is 9.99. The van der Waals surface area contributed by atoms with Crippen molar-refractivity contribution >= 4 is 29.2 Å². The summed E-state index contributed by atoms with van der Waals surface area (Å²) in [7, 11) is 1.41. The Morgan fingerprint density at radius 2 is 2.00 bits per heavy atom. The summed E-state index contributed by atoms with van der Waals surface area (Å²) in [6.45, 7) is 1.44. The van der Waals surface area contributed by atoms with Crippen LogP contribution in [0.25, 0.3) is 0 Å². The molecule has 4 atom stereocenters. The lowest BCUT2D eigenvalue weighted by molar-refractivity contribution is -0.164. The maximum absolute atomic E-state index is 13.8. The molecule has 2 aromatic carbocycles. The van der Waals surface area contributed by atoms with Crippen LogP contribution in [0.1, 0.15) is 23.6 Å². The van der Waals surface area contributed by atoms with Gasteiger partial charge in [0.25, 0.3) is 0 Å². The Morgan fingerprint density at radius 3 is 2.65 bits per heavy atom. The largest absolute Gasteiger partial charge is 0.505 e. The fourth-order valence-electron chi connectivity index (χ4n) is 3.73. The molecule has 1 saturated heterocycles. The van der Waals surface area contributed by atoms with Crippen molar-refractivity contribution in [2.24, 2.45) is 16.6 Å². The Kier molecular flexibility index (Phi) is 9.31. The van der Waals surface area contributed by atoms with E-state index in [4.69, 9.17) is 17.3 Å². The maximum atomic E-state index is 13.8. The molecule has 4 unspecified atom stereocenters. The molecule has 0 spiro atoms. The van der Waals surface area contributed by atoms with Gasteiger partial charge >= 0.3 is 6.18 Å². The highest BCUT2D eigenvalue weighted by atomic mass is 35.5. The van der Waals surface area contributed by atoms with Crippen molar-refractivity contribution in [2.45, 2.75) is 37.8 Å². The van der Waals surface area contributed by atoms with Crippen molar-refractivity contribution in [3.05, 3.63) is 58.4 Å². The summed E-state index contributed by atoms with van der Waals surface area (Å²) >= 11 is 6.08. The van der Waals surface area contributed by atoms with Gasteiger partial charge in [-0.2, -0.15) is 13.2 Å². The molecule has 1 aliphatic rings. The van der Waals surface area contributed by atoms with Crippen LogP contribution < -0.4 is 32.5 Å². The number of rotatable bonds is 7. The number of nitrogens with one attached hydrogen (secondary N) is 5. The number of anilines is 1. The number of benzene rings is 2. The van der Waals surface area contributed by atoms with E-state index >= 15 is 0 Å². The Labute approximate surface area is 215 Å². The molecule has 1 fully saturated rings. The number of halogens is 5. The molecule has 0 aromatic heterocycles. The highest BCUT2D eigenvalue weighted by Crippen LogP contribution is 2.27. The molecule has 3 rings (SSSR count). The molecule has 37 heavy (non-hydrogen) atoms. The van der Waals surface area contributed by atoms with Crippen molar-refractivity contribution in [3.63, 3.8) is 0 Å². The van der Waals surface area contributed by atoms with E-state index in [1.165, 1.54) is 19.2 Å². The fraction of sp³-hybridized carbons (Fsp3) is 0.391. The minimum Gasteiger partial charge on any atom is -0.505 e. The van der Waals surface area contributed by atoms with Crippen LogP contribution in [0.3, 0.4) is 0 Å². The van der Waals surface area contributed by atoms with Crippen LogP contribution in [0, 0.1) is 18.7 Å². The highest BCUT2D eigenvalue weighted by Gasteiger charge is 2.45. The molecule has 0 bridgehead atoms. The molecular weight excluding hydrogens is 518 g/mol. The quantitative estimate of drug-likeness (QED) is 0.161. The fourth-order valence-corrected chi connectivity index (χ4v) is 3.90. The molecule has 202 valence electrons. The number of amides is 1. The summed E-state index contributed by atoms with van der Waals surface area (Å²) in [6, 6.07) is 6.10. The van der Waals surface area contributed by atoms with Gasteiger partial charge in [0.1, 0.15) is 12.2 Å². The van der Waals surface area contributed by atoms with Crippen LogP contribution >= 0.6 is 11.6 Å². The van der Waals surface area contributed by atoms with Crippen molar-refractivity contribution in [3.8, 4) is 5.75 Å². The zero-order valence-electron chi connectivity index (χ0n) is 20.0. The predicted octanol–water partition coefficient (Wildman–Crippen LogP) is 2.67. The number of hydrazine groups is 1. The minimum absolute atomic E-state index is 0.136. The maximum Gasteiger partial charge on any atom is 0.404 e. The van der Waals surface area contributed by atoms with E-state index in [0.29, 0.717) is 22.7 Å². The number of hydrogen-bond acceptors (Lipinski definition) is 7. The van der Waals surface area contributed by atoms with Gasteiger partial charge in [0, 0.05) is 29.7 Å². The number of hydrogen-bond donors (Lipinski definition) is 7. The van der Waals surface area contributed by atoms with Gasteiger partial charge in [-0.3, -0.25) is 10.1 Å². The monoisotopic (exact) mass is 545 g/mol. The first-order valence-corrected chi connectivity index (χ1v) is 11.6. The zero-order chi connectivity index (χ0) is 27.3. The Hall–Kier alpha value is -2.97. The van der Waals surface area contributed by atoms with Crippen LogP contribution in [0.15, 0.2) is 41.4 Å². The number of guanidine groups is 1. The number of phenols is 1. The Balaban J connectivity index is 1.86. The molecule has 14 heteroatoms. The summed E-state index contributed by atoms with van der Waals surface area (Å²) < 4.78 is 53.7. The van der Waals surface area contributed by atoms with Crippen LogP contribution in [0.5, 0.6) is 5.75 Å². The molecule has 9 nitrogen and oxygen atoms in total. The van der Waals surface area contributed by atoms with Crippen molar-refractivity contribution < 1.29 is 27.5 Å². The van der Waals surface area contributed by atoms with Gasteiger partial charge in [0.15, 0.2) is 11.6 Å². The standard InChI is InChI=1S/C23H28ClF4N7O2/c1-11-3-5-13(24)8-16(11)31-22(33-21(37)14(10-30-2)20(29)23(26,27)28)32-19-9-17(34-35-19)12-4-6-18(36)15(25)7-12/h3-8,14,17,19-20,30,34-36H,9-10,29H2,1-2H3,(H2,31,32,33,37). The highest BCUT2D eigenvalue weighted by molar-refractivity contribution is 6.31. The molecule has 0 saturated carbocycles. The van der Waals surface area contributed by atoms with E-state index in [0.717, 1.165) is 5.56 Å². The molecule has 0 aliphatic carbocycles. The van der Waals surface area contributed by atoms with Gasteiger partial charge in [-0.05, 0) is 49.4 Å². The third kappa shape index (κ3) is 7.52. The van der Waals surface area contributed by atoms with E-state index < -0.39 is 47.8 Å². The normalized spacial score (nSPS) is 19.9. The number of carbonyl (C=O) groups excluding carboxylic acids is 1. The molecule has 2 aromatic rings. The van der Waals surface area contributed by atoms with Crippen LogP contribution in [0.2, 0.25) is 5.02 Å². The van der Waals surface area contributed by atoms with Gasteiger partial charge < -0.3 is 21.5 Å². The molecule has 0 radical (unpaired) electrons. The number of alkyl halides is 3. The second kappa shape index (κ2) is 12.0. The van der Waals surface area contributed by atoms with Crippen molar-refractivity contribution in [2.75, 3.05) is 18.9 Å². The van der Waals surface area contributed by atoms with Gasteiger partial charge in [0.05, 0.1) is 5.92 Å². The third-order valence-electron chi connectivity index (χ3n) is 5.81. The minimum atomic E-state index is -4.79. The zero-order valence-corrected chi connectivity index (χ0v) is 20.7. The Morgan fingerprint density at radius 1 is 1.27 bits per heavy atom. The number of phenolic OH excluding ortho intramolecular Hbond substituents is 1. The molecular formula is C23H28ClF4N7O2. The van der Waals surface area contributed by atoms with Crippen LogP contribution in [-0.4, -0.2) is 48.9 Å². The summed E-state index contributed by atoms with van der Waals surface area (Å²) in [5.41, 5.74) is 12.9. The average Bonchev–Trinajstić information content (AvgIpc) is 3.29. The number of aryl methyl sites for hydroxylation is 1. The molecule has 8 N–H and O–H groups in total. The molecule has 1 aliphatic heterocycles. The van der Waals surface area contributed by atoms with E-state index in [1.807, 2.05) is 0 Å². The van der Waals surface area contributed by atoms with E-state index in [-0.39, 0.29) is 12.5 Å². The lowest BCUT2D eigenvalue weighted by Crippen LogP contribution is -2.54. The summed E-state index contributed by atoms with van der Waals surface area (Å²) in [5.74, 6) is -4.03. The lowest BCUT2D eigenvalue weighted by Gasteiger charge is -2.25. The van der Waals surface area contributed by atoms with E-state index in [1.54, 1.807) is 31.2 Å². The Bertz CT molecular complexity index is 1150. The number of carbonyl (C=O) groups is 1. The van der Waals surface area contributed by atoms with Crippen LogP contribution in [0.4, 0.5) is 23.2 Å². The van der Waals surface area contributed by atoms with Gasteiger partial charge in [-0.25, -0.2) is 20.2 Å². The summed E-state index contributed by atoms with van der Waals surface area (Å²) in [6.07, 6.45) is -5.17. The van der Waals surface area contributed by atoms with Gasteiger partial charge in [-0.15, -0.1) is 0 Å². The van der Waals surface area contributed by atoms with Crippen molar-refractivity contribution in [1.29, 1.82) is 0 Å². The third-order valence-corrected chi connectivity index (χ3v) is 6.04. The second-order valence-electron chi connectivity index (χ2n) is 8.59. The van der Waals surface area contributed by atoms with E-state index in [2.05, 4.69) is 31.8 Å². The first kappa shape index (κ1) is 28.6. The second-order valence-corrected chi connectivity index (χ2v) is 9.02.